The molecule has 0 spiro atoms. The van der Waals surface area contributed by atoms with E-state index in [9.17, 15) is 14.0 Å². The predicted octanol–water partition coefficient (Wildman–Crippen LogP) is 3.83. The van der Waals surface area contributed by atoms with Crippen molar-refractivity contribution in [2.45, 2.75) is 6.92 Å². The normalized spacial score (nSPS) is 10.2. The van der Waals surface area contributed by atoms with Crippen LogP contribution in [0.15, 0.2) is 36.4 Å². The fourth-order valence-corrected chi connectivity index (χ4v) is 2.13. The average molecular weight is 322 g/mol. The second-order valence-corrected chi connectivity index (χ2v) is 4.98. The van der Waals surface area contributed by atoms with Crippen molar-refractivity contribution in [2.75, 3.05) is 12.4 Å². The molecule has 2 aromatic rings. The topological polar surface area (TPSA) is 55.4 Å². The van der Waals surface area contributed by atoms with Crippen molar-refractivity contribution in [3.05, 3.63) is 63.9 Å². The molecular weight excluding hydrogens is 309 g/mol. The van der Waals surface area contributed by atoms with Crippen LogP contribution in [-0.4, -0.2) is 19.0 Å². The van der Waals surface area contributed by atoms with E-state index < -0.39 is 17.7 Å². The molecular formula is C16H13ClFNO3. The van der Waals surface area contributed by atoms with Gasteiger partial charge < -0.3 is 10.1 Å². The number of para-hydroxylation sites is 1. The first-order valence-electron chi connectivity index (χ1n) is 6.38. The van der Waals surface area contributed by atoms with Crippen molar-refractivity contribution in [2.24, 2.45) is 0 Å². The van der Waals surface area contributed by atoms with Gasteiger partial charge in [0.25, 0.3) is 5.91 Å². The number of anilines is 1. The number of carbonyl (C=O) groups excluding carboxylic acids is 2. The molecule has 1 amide bonds. The third-order valence-corrected chi connectivity index (χ3v) is 3.41. The molecule has 0 saturated carbocycles. The average Bonchev–Trinajstić information content (AvgIpc) is 2.48. The van der Waals surface area contributed by atoms with Crippen LogP contribution < -0.4 is 5.32 Å². The van der Waals surface area contributed by atoms with Crippen molar-refractivity contribution in [3.63, 3.8) is 0 Å². The molecule has 22 heavy (non-hydrogen) atoms. The van der Waals surface area contributed by atoms with Crippen LogP contribution in [0.1, 0.15) is 26.3 Å². The molecule has 0 unspecified atom stereocenters. The van der Waals surface area contributed by atoms with Crippen LogP contribution in [0, 0.1) is 12.7 Å². The monoisotopic (exact) mass is 321 g/mol. The maximum Gasteiger partial charge on any atom is 0.340 e. The first-order valence-corrected chi connectivity index (χ1v) is 6.76. The molecule has 0 bridgehead atoms. The third-order valence-electron chi connectivity index (χ3n) is 3.10. The SMILES string of the molecule is COC(=O)c1cc(C(=O)Nc2ccccc2C)c(Cl)cc1F. The standard InChI is InChI=1S/C16H13ClFNO3/c1-9-5-3-4-6-14(9)19-15(20)10-7-11(16(21)22-2)13(18)8-12(10)17/h3-8H,1-2H3,(H,19,20). The molecule has 6 heteroatoms. The van der Waals surface area contributed by atoms with E-state index in [0.29, 0.717) is 5.69 Å². The second-order valence-electron chi connectivity index (χ2n) is 4.57. The van der Waals surface area contributed by atoms with Gasteiger partial charge in [0.05, 0.1) is 23.3 Å². The Morgan fingerprint density at radius 1 is 1.18 bits per heavy atom. The fraction of sp³-hybridized carbons (Fsp3) is 0.125. The summed E-state index contributed by atoms with van der Waals surface area (Å²) < 4.78 is 18.2. The number of methoxy groups -OCH3 is 1. The molecule has 0 aromatic heterocycles. The number of nitrogens with one attached hydrogen (secondary N) is 1. The number of esters is 1. The molecule has 0 radical (unpaired) electrons. The van der Waals surface area contributed by atoms with Crippen molar-refractivity contribution in [1.82, 2.24) is 0 Å². The molecule has 0 fully saturated rings. The first-order chi connectivity index (χ1) is 10.4. The summed E-state index contributed by atoms with van der Waals surface area (Å²) in [5, 5.41) is 2.59. The zero-order chi connectivity index (χ0) is 16.3. The van der Waals surface area contributed by atoms with Gasteiger partial charge in [0.1, 0.15) is 5.82 Å². The van der Waals surface area contributed by atoms with E-state index in [1.807, 2.05) is 19.1 Å². The van der Waals surface area contributed by atoms with Gasteiger partial charge in [0.2, 0.25) is 0 Å². The van der Waals surface area contributed by atoms with Crippen LogP contribution in [0.3, 0.4) is 0 Å². The van der Waals surface area contributed by atoms with Crippen LogP contribution in [-0.2, 0) is 4.74 Å². The van der Waals surface area contributed by atoms with E-state index in [4.69, 9.17) is 11.6 Å². The third kappa shape index (κ3) is 3.26. The number of rotatable bonds is 3. The van der Waals surface area contributed by atoms with Crippen molar-refractivity contribution < 1.29 is 18.7 Å². The molecule has 2 rings (SSSR count). The Hall–Kier alpha value is -2.40. The van der Waals surface area contributed by atoms with Crippen molar-refractivity contribution in [3.8, 4) is 0 Å². The van der Waals surface area contributed by atoms with Crippen molar-refractivity contribution in [1.29, 1.82) is 0 Å². The van der Waals surface area contributed by atoms with Gasteiger partial charge in [-0.3, -0.25) is 4.79 Å². The Bertz CT molecular complexity index is 746. The van der Waals surface area contributed by atoms with Crippen LogP contribution in [0.2, 0.25) is 5.02 Å². The molecule has 0 saturated heterocycles. The van der Waals surface area contributed by atoms with Gasteiger partial charge in [-0.2, -0.15) is 0 Å². The number of carbonyl (C=O) groups is 2. The number of amides is 1. The van der Waals surface area contributed by atoms with Crippen LogP contribution in [0.5, 0.6) is 0 Å². The number of ether oxygens (including phenoxy) is 1. The summed E-state index contributed by atoms with van der Waals surface area (Å²) in [5.74, 6) is -2.26. The lowest BCUT2D eigenvalue weighted by molar-refractivity contribution is 0.0595. The number of aryl methyl sites for hydroxylation is 1. The largest absolute Gasteiger partial charge is 0.465 e. The maximum absolute atomic E-state index is 13.7. The van der Waals surface area contributed by atoms with Gasteiger partial charge in [0, 0.05) is 5.69 Å². The van der Waals surface area contributed by atoms with Crippen LogP contribution >= 0.6 is 11.6 Å². The molecule has 1 N–H and O–H groups in total. The molecule has 0 heterocycles. The van der Waals surface area contributed by atoms with Gasteiger partial charge in [-0.1, -0.05) is 29.8 Å². The summed E-state index contributed by atoms with van der Waals surface area (Å²) >= 11 is 5.90. The first kappa shape index (κ1) is 16.0. The Labute approximate surface area is 131 Å². The van der Waals surface area contributed by atoms with Gasteiger partial charge in [0.15, 0.2) is 0 Å². The Morgan fingerprint density at radius 3 is 2.50 bits per heavy atom. The Balaban J connectivity index is 2.37. The fourth-order valence-electron chi connectivity index (χ4n) is 1.89. The molecule has 114 valence electrons. The summed E-state index contributed by atoms with van der Waals surface area (Å²) in [6.07, 6.45) is 0. The van der Waals surface area contributed by atoms with E-state index in [0.717, 1.165) is 24.8 Å². The predicted molar refractivity (Wildman–Crippen MR) is 81.9 cm³/mol. The Morgan fingerprint density at radius 2 is 1.86 bits per heavy atom. The smallest absolute Gasteiger partial charge is 0.340 e. The van der Waals surface area contributed by atoms with Gasteiger partial charge >= 0.3 is 5.97 Å². The van der Waals surface area contributed by atoms with E-state index >= 15 is 0 Å². The lowest BCUT2D eigenvalue weighted by atomic mass is 10.1. The summed E-state index contributed by atoms with van der Waals surface area (Å²) in [4.78, 5) is 23.8. The molecule has 0 atom stereocenters. The highest BCUT2D eigenvalue weighted by molar-refractivity contribution is 6.34. The minimum absolute atomic E-state index is 0.00767. The van der Waals surface area contributed by atoms with Gasteiger partial charge in [-0.25, -0.2) is 9.18 Å². The number of benzene rings is 2. The van der Waals surface area contributed by atoms with E-state index in [1.165, 1.54) is 0 Å². The van der Waals surface area contributed by atoms with Gasteiger partial charge in [-0.15, -0.1) is 0 Å². The van der Waals surface area contributed by atoms with Crippen LogP contribution in [0.25, 0.3) is 0 Å². The highest BCUT2D eigenvalue weighted by atomic mass is 35.5. The quantitative estimate of drug-likeness (QED) is 0.874. The Kier molecular flexibility index (Phi) is 4.78. The molecule has 4 nitrogen and oxygen atoms in total. The number of hydrogen-bond acceptors (Lipinski definition) is 3. The summed E-state index contributed by atoms with van der Waals surface area (Å²) in [6.45, 7) is 1.84. The highest BCUT2D eigenvalue weighted by Crippen LogP contribution is 2.23. The van der Waals surface area contributed by atoms with Crippen LogP contribution in [0.4, 0.5) is 10.1 Å². The maximum atomic E-state index is 13.7. The highest BCUT2D eigenvalue weighted by Gasteiger charge is 2.19. The number of hydrogen-bond donors (Lipinski definition) is 1. The van der Waals surface area contributed by atoms with Crippen molar-refractivity contribution >= 4 is 29.2 Å². The molecule has 0 aliphatic heterocycles. The lowest BCUT2D eigenvalue weighted by Crippen LogP contribution is -2.15. The molecule has 0 aliphatic rings. The number of halogens is 2. The van der Waals surface area contributed by atoms with E-state index in [2.05, 4.69) is 10.1 Å². The summed E-state index contributed by atoms with van der Waals surface area (Å²) in [6, 6.07) is 9.17. The second kappa shape index (κ2) is 6.58. The minimum Gasteiger partial charge on any atom is -0.465 e. The molecule has 0 aliphatic carbocycles. The van der Waals surface area contributed by atoms with E-state index in [-0.39, 0.29) is 16.1 Å². The zero-order valence-corrected chi connectivity index (χ0v) is 12.7. The minimum atomic E-state index is -0.876. The zero-order valence-electron chi connectivity index (χ0n) is 11.9. The lowest BCUT2D eigenvalue weighted by Gasteiger charge is -2.10. The summed E-state index contributed by atoms with van der Waals surface area (Å²) in [5.41, 5.74) is 1.11. The van der Waals surface area contributed by atoms with Gasteiger partial charge in [-0.05, 0) is 30.7 Å². The van der Waals surface area contributed by atoms with E-state index in [1.54, 1.807) is 12.1 Å². The molecule has 2 aromatic carbocycles. The summed E-state index contributed by atoms with van der Waals surface area (Å²) in [7, 11) is 1.13.